The fourth-order valence-corrected chi connectivity index (χ4v) is 3.83. The molecule has 6 nitrogen and oxygen atoms in total. The first-order valence-corrected chi connectivity index (χ1v) is 10.4. The van der Waals surface area contributed by atoms with Crippen LogP contribution in [-0.4, -0.2) is 20.2 Å². The summed E-state index contributed by atoms with van der Waals surface area (Å²) in [7, 11) is 0. The maximum absolute atomic E-state index is 13.2. The number of aryl methyl sites for hydroxylation is 1. The van der Waals surface area contributed by atoms with Crippen LogP contribution in [0.25, 0.3) is 21.5 Å². The van der Waals surface area contributed by atoms with Crippen LogP contribution in [0.1, 0.15) is 5.56 Å². The Hall–Kier alpha value is -3.91. The highest BCUT2D eigenvalue weighted by molar-refractivity contribution is 7.18. The van der Waals surface area contributed by atoms with E-state index in [2.05, 4.69) is 49.9 Å². The standard InChI is InChI=1S/C23H17FN6S/c1-14-6-8-15(9-7-14)21-29-30-23(31-21)28-20-18-4-2-3-5-19(18)26-22(27-20)25-17-12-10-16(24)11-13-17/h2-13H,1H3,(H2,25,26,27,28,30). The molecule has 5 aromatic rings. The summed E-state index contributed by atoms with van der Waals surface area (Å²) in [6, 6.07) is 21.9. The molecular weight excluding hydrogens is 411 g/mol. The lowest BCUT2D eigenvalue weighted by molar-refractivity contribution is 0.628. The highest BCUT2D eigenvalue weighted by Gasteiger charge is 2.12. The van der Waals surface area contributed by atoms with Gasteiger partial charge < -0.3 is 10.6 Å². The quantitative estimate of drug-likeness (QED) is 0.353. The lowest BCUT2D eigenvalue weighted by atomic mass is 10.2. The number of benzene rings is 3. The van der Waals surface area contributed by atoms with E-state index >= 15 is 0 Å². The molecule has 0 bridgehead atoms. The van der Waals surface area contributed by atoms with Gasteiger partial charge >= 0.3 is 0 Å². The Kier molecular flexibility index (Phi) is 4.97. The van der Waals surface area contributed by atoms with Crippen molar-refractivity contribution in [1.82, 2.24) is 20.2 Å². The number of para-hydroxylation sites is 1. The molecule has 2 aromatic heterocycles. The van der Waals surface area contributed by atoms with Crippen LogP contribution in [0.4, 0.5) is 27.0 Å². The van der Waals surface area contributed by atoms with E-state index in [9.17, 15) is 4.39 Å². The predicted octanol–water partition coefficient (Wildman–Crippen LogP) is 6.08. The van der Waals surface area contributed by atoms with Crippen LogP contribution < -0.4 is 10.6 Å². The van der Waals surface area contributed by atoms with E-state index in [0.717, 1.165) is 21.5 Å². The Morgan fingerprint density at radius 1 is 0.806 bits per heavy atom. The smallest absolute Gasteiger partial charge is 0.229 e. The minimum atomic E-state index is -0.298. The maximum atomic E-state index is 13.2. The van der Waals surface area contributed by atoms with Gasteiger partial charge in [0, 0.05) is 16.6 Å². The molecule has 0 amide bonds. The molecule has 0 saturated heterocycles. The first-order chi connectivity index (χ1) is 15.1. The molecule has 5 rings (SSSR count). The molecule has 0 aliphatic rings. The van der Waals surface area contributed by atoms with Gasteiger partial charge in [0.15, 0.2) is 0 Å². The number of hydrogen-bond donors (Lipinski definition) is 2. The fraction of sp³-hybridized carbons (Fsp3) is 0.0435. The largest absolute Gasteiger partial charge is 0.324 e. The van der Waals surface area contributed by atoms with Crippen molar-refractivity contribution in [3.05, 3.63) is 84.2 Å². The number of rotatable bonds is 5. The van der Waals surface area contributed by atoms with Gasteiger partial charge in [0.2, 0.25) is 11.1 Å². The highest BCUT2D eigenvalue weighted by atomic mass is 32.1. The summed E-state index contributed by atoms with van der Waals surface area (Å²) in [4.78, 5) is 9.19. The number of nitrogens with zero attached hydrogens (tertiary/aromatic N) is 4. The van der Waals surface area contributed by atoms with Crippen molar-refractivity contribution in [2.24, 2.45) is 0 Å². The summed E-state index contributed by atoms with van der Waals surface area (Å²) in [6.07, 6.45) is 0. The molecule has 0 spiro atoms. The summed E-state index contributed by atoms with van der Waals surface area (Å²) in [5.41, 5.74) is 3.68. The summed E-state index contributed by atoms with van der Waals surface area (Å²) in [5.74, 6) is 0.714. The molecule has 0 radical (unpaired) electrons. The van der Waals surface area contributed by atoms with Crippen molar-refractivity contribution in [2.45, 2.75) is 6.92 Å². The monoisotopic (exact) mass is 428 g/mol. The summed E-state index contributed by atoms with van der Waals surface area (Å²) < 4.78 is 13.2. The van der Waals surface area contributed by atoms with Crippen molar-refractivity contribution in [2.75, 3.05) is 10.6 Å². The molecule has 0 aliphatic carbocycles. The van der Waals surface area contributed by atoms with E-state index < -0.39 is 0 Å². The molecule has 0 saturated carbocycles. The Morgan fingerprint density at radius 2 is 1.58 bits per heavy atom. The van der Waals surface area contributed by atoms with E-state index in [1.165, 1.54) is 29.0 Å². The minimum Gasteiger partial charge on any atom is -0.324 e. The molecule has 3 aromatic carbocycles. The fourth-order valence-electron chi connectivity index (χ4n) is 3.08. The van der Waals surface area contributed by atoms with E-state index in [0.29, 0.717) is 22.6 Å². The summed E-state index contributed by atoms with van der Waals surface area (Å²) >= 11 is 1.45. The molecule has 2 heterocycles. The molecule has 0 aliphatic heterocycles. The normalized spacial score (nSPS) is 10.9. The predicted molar refractivity (Wildman–Crippen MR) is 123 cm³/mol. The van der Waals surface area contributed by atoms with Crippen LogP contribution in [0.15, 0.2) is 72.8 Å². The average Bonchev–Trinajstić information content (AvgIpc) is 3.24. The molecule has 0 fully saturated rings. The number of halogens is 1. The SMILES string of the molecule is Cc1ccc(-c2nnc(Nc3nc(Nc4ccc(F)cc4)nc4ccccc34)s2)cc1. The van der Waals surface area contributed by atoms with Crippen LogP contribution in [0.5, 0.6) is 0 Å². The lowest BCUT2D eigenvalue weighted by Crippen LogP contribution is -2.02. The first-order valence-electron chi connectivity index (χ1n) is 9.61. The van der Waals surface area contributed by atoms with Crippen molar-refractivity contribution in [1.29, 1.82) is 0 Å². The Labute approximate surface area is 181 Å². The number of hydrogen-bond acceptors (Lipinski definition) is 7. The van der Waals surface area contributed by atoms with Gasteiger partial charge in [-0.15, -0.1) is 10.2 Å². The third-order valence-corrected chi connectivity index (χ3v) is 5.54. The third-order valence-electron chi connectivity index (χ3n) is 4.65. The number of aromatic nitrogens is 4. The van der Waals surface area contributed by atoms with Crippen molar-refractivity contribution >= 4 is 44.8 Å². The van der Waals surface area contributed by atoms with E-state index in [1.807, 2.05) is 36.4 Å². The van der Waals surface area contributed by atoms with Crippen LogP contribution >= 0.6 is 11.3 Å². The van der Waals surface area contributed by atoms with Gasteiger partial charge in [0.25, 0.3) is 0 Å². The number of nitrogens with one attached hydrogen (secondary N) is 2. The lowest BCUT2D eigenvalue weighted by Gasteiger charge is -2.10. The molecule has 2 N–H and O–H groups in total. The zero-order chi connectivity index (χ0) is 21.2. The maximum Gasteiger partial charge on any atom is 0.229 e. The zero-order valence-electron chi connectivity index (χ0n) is 16.5. The molecule has 152 valence electrons. The van der Waals surface area contributed by atoms with Gasteiger partial charge in [-0.2, -0.15) is 4.98 Å². The minimum absolute atomic E-state index is 0.298. The Bertz CT molecular complexity index is 1350. The second-order valence-electron chi connectivity index (χ2n) is 6.95. The van der Waals surface area contributed by atoms with Crippen LogP contribution in [0.3, 0.4) is 0 Å². The molecule has 0 unspecified atom stereocenters. The molecule has 8 heteroatoms. The Balaban J connectivity index is 1.47. The molecule has 0 atom stereocenters. The third kappa shape index (κ3) is 4.19. The van der Waals surface area contributed by atoms with Crippen molar-refractivity contribution in [3.63, 3.8) is 0 Å². The van der Waals surface area contributed by atoms with Gasteiger partial charge in [-0.05, 0) is 43.3 Å². The highest BCUT2D eigenvalue weighted by Crippen LogP contribution is 2.31. The van der Waals surface area contributed by atoms with E-state index in [4.69, 9.17) is 0 Å². The average molecular weight is 428 g/mol. The van der Waals surface area contributed by atoms with Crippen LogP contribution in [0.2, 0.25) is 0 Å². The van der Waals surface area contributed by atoms with Crippen LogP contribution in [0, 0.1) is 12.7 Å². The number of fused-ring (bicyclic) bond motifs is 1. The molecular formula is C23H17FN6S. The Morgan fingerprint density at radius 3 is 2.39 bits per heavy atom. The first kappa shape index (κ1) is 19.1. The van der Waals surface area contributed by atoms with Gasteiger partial charge in [-0.3, -0.25) is 0 Å². The molecule has 31 heavy (non-hydrogen) atoms. The van der Waals surface area contributed by atoms with E-state index in [-0.39, 0.29) is 5.82 Å². The second-order valence-corrected chi connectivity index (χ2v) is 7.93. The number of anilines is 4. The van der Waals surface area contributed by atoms with E-state index in [1.54, 1.807) is 12.1 Å². The van der Waals surface area contributed by atoms with Crippen molar-refractivity contribution in [3.8, 4) is 10.6 Å². The summed E-state index contributed by atoms with van der Waals surface area (Å²) in [6.45, 7) is 2.05. The van der Waals surface area contributed by atoms with Crippen molar-refractivity contribution < 1.29 is 4.39 Å². The van der Waals surface area contributed by atoms with Gasteiger partial charge in [-0.1, -0.05) is 53.3 Å². The summed E-state index contributed by atoms with van der Waals surface area (Å²) in [5, 5.41) is 17.3. The van der Waals surface area contributed by atoms with Gasteiger partial charge in [0.1, 0.15) is 16.6 Å². The van der Waals surface area contributed by atoms with Gasteiger partial charge in [-0.25, -0.2) is 9.37 Å². The topological polar surface area (TPSA) is 75.6 Å². The van der Waals surface area contributed by atoms with Crippen LogP contribution in [-0.2, 0) is 0 Å². The second kappa shape index (κ2) is 8.08. The zero-order valence-corrected chi connectivity index (χ0v) is 17.3. The van der Waals surface area contributed by atoms with Gasteiger partial charge in [0.05, 0.1) is 5.52 Å².